The summed E-state index contributed by atoms with van der Waals surface area (Å²) < 4.78 is 21.9. The molecule has 36 heavy (non-hydrogen) atoms. The first-order valence-electron chi connectivity index (χ1n) is 11.6. The van der Waals surface area contributed by atoms with Crippen LogP contribution in [0.4, 0.5) is 4.39 Å². The minimum Gasteiger partial charge on any atom is -0.497 e. The van der Waals surface area contributed by atoms with Gasteiger partial charge in [-0.05, 0) is 54.3 Å². The van der Waals surface area contributed by atoms with Crippen molar-refractivity contribution in [2.24, 2.45) is 0 Å². The molecular weight excluding hydrogens is 461 g/mol. The molecule has 180 valence electrons. The molecule has 1 N–H and O–H groups in total. The van der Waals surface area contributed by atoms with E-state index >= 15 is 0 Å². The molecule has 0 atom stereocenters. The van der Waals surface area contributed by atoms with Gasteiger partial charge in [0, 0.05) is 23.6 Å². The zero-order chi connectivity index (χ0) is 24.8. The average molecular weight is 484 g/mol. The Morgan fingerprint density at radius 2 is 1.92 bits per heavy atom. The van der Waals surface area contributed by atoms with Gasteiger partial charge in [-0.3, -0.25) is 9.36 Å². The lowest BCUT2D eigenvalue weighted by atomic mass is 10.0. The highest BCUT2D eigenvalue weighted by molar-refractivity contribution is 5.85. The minimum atomic E-state index is -0.321. The van der Waals surface area contributed by atoms with E-state index < -0.39 is 0 Å². The van der Waals surface area contributed by atoms with Crippen LogP contribution >= 0.6 is 0 Å². The fraction of sp³-hybridized carbons (Fsp3) is 0.192. The van der Waals surface area contributed by atoms with Crippen LogP contribution in [0.15, 0.2) is 59.8 Å². The molecule has 2 aromatic carbocycles. The Morgan fingerprint density at radius 3 is 2.69 bits per heavy atom. The second-order valence-electron chi connectivity index (χ2n) is 8.51. The van der Waals surface area contributed by atoms with E-state index in [0.29, 0.717) is 30.7 Å². The number of fused-ring (bicyclic) bond motifs is 4. The zero-order valence-electron chi connectivity index (χ0n) is 19.7. The van der Waals surface area contributed by atoms with Gasteiger partial charge in [-0.25, -0.2) is 9.37 Å². The van der Waals surface area contributed by atoms with Crippen molar-refractivity contribution in [2.75, 3.05) is 7.11 Å². The maximum absolute atomic E-state index is 13.5. The lowest BCUT2D eigenvalue weighted by molar-refractivity contribution is 0.415. The Kier molecular flexibility index (Phi) is 5.21. The third-order valence-corrected chi connectivity index (χ3v) is 6.44. The number of methoxy groups -OCH3 is 1. The van der Waals surface area contributed by atoms with Gasteiger partial charge in [0.1, 0.15) is 17.9 Å². The molecule has 0 aliphatic heterocycles. The summed E-state index contributed by atoms with van der Waals surface area (Å²) in [5, 5.41) is 14.3. The lowest BCUT2D eigenvalue weighted by Crippen LogP contribution is -2.23. The molecule has 0 spiro atoms. The summed E-state index contributed by atoms with van der Waals surface area (Å²) in [7, 11) is 1.64. The van der Waals surface area contributed by atoms with Crippen molar-refractivity contribution in [3.8, 4) is 16.9 Å². The van der Waals surface area contributed by atoms with Crippen LogP contribution < -0.4 is 10.3 Å². The quantitative estimate of drug-likeness (QED) is 0.385. The van der Waals surface area contributed by atoms with Gasteiger partial charge in [0.15, 0.2) is 16.8 Å². The van der Waals surface area contributed by atoms with E-state index in [1.165, 1.54) is 23.0 Å². The van der Waals surface area contributed by atoms with Gasteiger partial charge in [-0.15, -0.1) is 10.2 Å². The Hall–Kier alpha value is -4.60. The number of nitrogens with one attached hydrogen (secondary N) is 1. The summed E-state index contributed by atoms with van der Waals surface area (Å²) in [6, 6.07) is 12.0. The first-order valence-corrected chi connectivity index (χ1v) is 11.6. The van der Waals surface area contributed by atoms with Crippen LogP contribution in [0.2, 0.25) is 0 Å². The molecule has 6 rings (SSSR count). The monoisotopic (exact) mass is 483 g/mol. The zero-order valence-corrected chi connectivity index (χ0v) is 19.7. The van der Waals surface area contributed by atoms with E-state index in [4.69, 9.17) is 4.74 Å². The standard InChI is InChI=1S/C26H22FN7O2/c1-3-20-22(15-4-6-17(27)7-5-15)24-31-30-23-25(34(24)32-20)29-14-33(26(23)35)11-10-16-13-28-21-9-8-18(36-2)12-19(16)21/h4-9,12-14,28H,3,10-11H2,1-2H3. The molecule has 0 radical (unpaired) electrons. The average Bonchev–Trinajstić information content (AvgIpc) is 3.49. The number of H-pyrrole nitrogens is 1. The first-order chi connectivity index (χ1) is 17.6. The van der Waals surface area contributed by atoms with Crippen molar-refractivity contribution in [3.63, 3.8) is 0 Å². The van der Waals surface area contributed by atoms with Gasteiger partial charge in [0.2, 0.25) is 0 Å². The van der Waals surface area contributed by atoms with Crippen LogP contribution in [0.25, 0.3) is 38.8 Å². The van der Waals surface area contributed by atoms with Gasteiger partial charge in [-0.2, -0.15) is 9.61 Å². The van der Waals surface area contributed by atoms with Gasteiger partial charge in [0.05, 0.1) is 18.4 Å². The van der Waals surface area contributed by atoms with Crippen molar-refractivity contribution in [2.45, 2.75) is 26.3 Å². The number of aromatic nitrogens is 7. The molecular formula is C26H22FN7O2. The van der Waals surface area contributed by atoms with Crippen LogP contribution in [0, 0.1) is 5.82 Å². The van der Waals surface area contributed by atoms with Crippen molar-refractivity contribution in [1.82, 2.24) is 34.3 Å². The third kappa shape index (κ3) is 3.49. The molecule has 0 fully saturated rings. The summed E-state index contributed by atoms with van der Waals surface area (Å²) in [5.74, 6) is 0.455. The topological polar surface area (TPSA) is 103 Å². The van der Waals surface area contributed by atoms with Crippen LogP contribution in [0.5, 0.6) is 5.75 Å². The molecule has 0 aliphatic carbocycles. The molecule has 0 saturated heterocycles. The Balaban J connectivity index is 1.39. The fourth-order valence-corrected chi connectivity index (χ4v) is 4.55. The smallest absolute Gasteiger partial charge is 0.283 e. The molecule has 10 heteroatoms. The second kappa shape index (κ2) is 8.56. The molecule has 4 aromatic heterocycles. The second-order valence-corrected chi connectivity index (χ2v) is 8.51. The Bertz CT molecular complexity index is 1800. The highest BCUT2D eigenvalue weighted by Gasteiger charge is 2.19. The number of rotatable bonds is 6. The first kappa shape index (κ1) is 21.9. The van der Waals surface area contributed by atoms with Gasteiger partial charge in [0.25, 0.3) is 5.56 Å². The van der Waals surface area contributed by atoms with Crippen molar-refractivity contribution in [3.05, 3.63) is 82.4 Å². The van der Waals surface area contributed by atoms with Crippen molar-refractivity contribution >= 4 is 27.7 Å². The molecule has 4 heterocycles. The number of halogens is 1. The van der Waals surface area contributed by atoms with Crippen molar-refractivity contribution < 1.29 is 9.13 Å². The molecule has 0 amide bonds. The highest BCUT2D eigenvalue weighted by atomic mass is 19.1. The molecule has 9 nitrogen and oxygen atoms in total. The minimum absolute atomic E-state index is 0.140. The molecule has 0 unspecified atom stereocenters. The highest BCUT2D eigenvalue weighted by Crippen LogP contribution is 2.29. The number of ether oxygens (including phenoxy) is 1. The van der Waals surface area contributed by atoms with E-state index in [1.54, 1.807) is 23.8 Å². The maximum Gasteiger partial charge on any atom is 0.283 e. The van der Waals surface area contributed by atoms with Crippen LogP contribution in [0.3, 0.4) is 0 Å². The summed E-state index contributed by atoms with van der Waals surface area (Å²) in [4.78, 5) is 21.1. The van der Waals surface area contributed by atoms with Gasteiger partial charge in [-0.1, -0.05) is 19.1 Å². The van der Waals surface area contributed by atoms with Gasteiger partial charge >= 0.3 is 0 Å². The van der Waals surface area contributed by atoms with E-state index in [1.807, 2.05) is 31.3 Å². The third-order valence-electron chi connectivity index (χ3n) is 6.44. The predicted molar refractivity (Wildman–Crippen MR) is 134 cm³/mol. The molecule has 0 bridgehead atoms. The number of nitrogens with zero attached hydrogens (tertiary/aromatic N) is 6. The van der Waals surface area contributed by atoms with E-state index in [0.717, 1.165) is 39.0 Å². The summed E-state index contributed by atoms with van der Waals surface area (Å²) >= 11 is 0. The summed E-state index contributed by atoms with van der Waals surface area (Å²) in [6.45, 7) is 2.40. The van der Waals surface area contributed by atoms with Crippen molar-refractivity contribution in [1.29, 1.82) is 0 Å². The molecule has 0 aliphatic rings. The SMILES string of the molecule is CCc1nn2c(nnc3c(=O)n(CCc4c[nH]c5ccc(OC)cc45)cnc32)c1-c1ccc(F)cc1. The molecule has 0 saturated carbocycles. The largest absolute Gasteiger partial charge is 0.497 e. The number of aryl methyl sites for hydroxylation is 3. The number of aromatic amines is 1. The van der Waals surface area contributed by atoms with Gasteiger partial charge < -0.3 is 9.72 Å². The van der Waals surface area contributed by atoms with E-state index in [9.17, 15) is 9.18 Å². The van der Waals surface area contributed by atoms with E-state index in [2.05, 4.69) is 25.3 Å². The maximum atomic E-state index is 13.5. The summed E-state index contributed by atoms with van der Waals surface area (Å²) in [5.41, 5.74) is 5.04. The van der Waals surface area contributed by atoms with Crippen LogP contribution in [-0.2, 0) is 19.4 Å². The van der Waals surface area contributed by atoms with Crippen LogP contribution in [-0.4, -0.2) is 41.5 Å². The fourth-order valence-electron chi connectivity index (χ4n) is 4.55. The van der Waals surface area contributed by atoms with Crippen LogP contribution in [0.1, 0.15) is 18.2 Å². The normalized spacial score (nSPS) is 11.6. The number of hydrogen-bond acceptors (Lipinski definition) is 6. The number of hydrogen-bond donors (Lipinski definition) is 1. The lowest BCUT2D eigenvalue weighted by Gasteiger charge is -2.07. The molecule has 6 aromatic rings. The Morgan fingerprint density at radius 1 is 1.08 bits per heavy atom. The number of benzene rings is 2. The Labute approximate surface area is 204 Å². The summed E-state index contributed by atoms with van der Waals surface area (Å²) in [6.07, 6.45) is 4.71. The van der Waals surface area contributed by atoms with E-state index in [-0.39, 0.29) is 16.9 Å². The predicted octanol–water partition coefficient (Wildman–Crippen LogP) is 3.94.